The fraction of sp³-hybridized carbons (Fsp3) is 0.375. The summed E-state index contributed by atoms with van der Waals surface area (Å²) in [5.41, 5.74) is 3.05. The van der Waals surface area contributed by atoms with Gasteiger partial charge < -0.3 is 14.6 Å². The molecule has 3 aromatic carbocycles. The molecule has 1 saturated heterocycles. The molecule has 0 aromatic heterocycles. The van der Waals surface area contributed by atoms with Crippen LogP contribution in [-0.2, 0) is 26.1 Å². The second kappa shape index (κ2) is 13.1. The molecule has 0 bridgehead atoms. The molecule has 2 aliphatic rings. The Morgan fingerprint density at radius 3 is 2.40 bits per heavy atom. The molecule has 3 aromatic rings. The summed E-state index contributed by atoms with van der Waals surface area (Å²) in [5, 5.41) is 9.49. The Kier molecular flexibility index (Phi) is 9.34. The number of nitrogens with zero attached hydrogens (tertiary/aromatic N) is 1. The molecular formula is C32H38N2O5S. The summed E-state index contributed by atoms with van der Waals surface area (Å²) in [4.78, 5) is 2.68. The Morgan fingerprint density at radius 1 is 0.950 bits per heavy atom. The first-order chi connectivity index (χ1) is 19.4. The first-order valence-corrected chi connectivity index (χ1v) is 15.5. The van der Waals surface area contributed by atoms with Crippen molar-refractivity contribution in [2.75, 3.05) is 17.8 Å². The molecular weight excluding hydrogens is 524 g/mol. The molecule has 0 amide bonds. The standard InChI is InChI=1S/C32H38N2O5S/c1-2-19-34(28-11-6-7-12-28)22-29-21-31(25-17-15-24(23-35)16-18-25)39-32(38-29)26-9-8-10-27(20-26)33-40(36,37)30-13-4-3-5-14-30/h2-5,8-10,13-18,20,28-29,31-33,35H,1,6-7,11-12,19,21-23H2/t29-,31+,32+/m0/s1. The van der Waals surface area contributed by atoms with Gasteiger partial charge in [-0.3, -0.25) is 9.62 Å². The van der Waals surface area contributed by atoms with Gasteiger partial charge >= 0.3 is 0 Å². The van der Waals surface area contributed by atoms with E-state index in [1.165, 1.54) is 25.7 Å². The second-order valence-corrected chi connectivity index (χ2v) is 12.3. The van der Waals surface area contributed by atoms with Gasteiger partial charge in [0, 0.05) is 36.8 Å². The lowest BCUT2D eigenvalue weighted by Gasteiger charge is -2.39. The Morgan fingerprint density at radius 2 is 1.70 bits per heavy atom. The summed E-state index contributed by atoms with van der Waals surface area (Å²) in [5.74, 6) is 0. The van der Waals surface area contributed by atoms with Gasteiger partial charge in [0.25, 0.3) is 10.0 Å². The fourth-order valence-corrected chi connectivity index (χ4v) is 6.74. The predicted octanol–water partition coefficient (Wildman–Crippen LogP) is 5.96. The minimum atomic E-state index is -3.73. The van der Waals surface area contributed by atoms with Gasteiger partial charge in [0.2, 0.25) is 0 Å². The van der Waals surface area contributed by atoms with E-state index >= 15 is 0 Å². The van der Waals surface area contributed by atoms with Crippen LogP contribution in [0.1, 0.15) is 61.2 Å². The van der Waals surface area contributed by atoms with Gasteiger partial charge in [0.15, 0.2) is 6.29 Å². The maximum Gasteiger partial charge on any atom is 0.261 e. The van der Waals surface area contributed by atoms with Crippen molar-refractivity contribution in [3.63, 3.8) is 0 Å². The van der Waals surface area contributed by atoms with Crippen LogP contribution in [-0.4, -0.2) is 43.7 Å². The predicted molar refractivity (Wildman–Crippen MR) is 156 cm³/mol. The molecule has 2 fully saturated rings. The van der Waals surface area contributed by atoms with E-state index in [2.05, 4.69) is 16.2 Å². The van der Waals surface area contributed by atoms with E-state index in [0.717, 1.165) is 29.8 Å². The number of sulfonamides is 1. The number of benzene rings is 3. The fourth-order valence-electron chi connectivity index (χ4n) is 5.66. The van der Waals surface area contributed by atoms with E-state index in [4.69, 9.17) is 9.47 Å². The van der Waals surface area contributed by atoms with Crippen molar-refractivity contribution in [1.29, 1.82) is 0 Å². The van der Waals surface area contributed by atoms with Gasteiger partial charge in [-0.1, -0.05) is 73.5 Å². The summed E-state index contributed by atoms with van der Waals surface area (Å²) >= 11 is 0. The zero-order chi connectivity index (χ0) is 28.0. The largest absolute Gasteiger partial charge is 0.392 e. The number of aliphatic hydroxyl groups is 1. The van der Waals surface area contributed by atoms with Gasteiger partial charge in [-0.05, 0) is 48.2 Å². The molecule has 1 aliphatic heterocycles. The zero-order valence-electron chi connectivity index (χ0n) is 22.7. The minimum Gasteiger partial charge on any atom is -0.392 e. The first kappa shape index (κ1) is 28.5. The smallest absolute Gasteiger partial charge is 0.261 e. The van der Waals surface area contributed by atoms with E-state index in [0.29, 0.717) is 18.2 Å². The number of ether oxygens (including phenoxy) is 2. The molecule has 0 radical (unpaired) electrons. The highest BCUT2D eigenvalue weighted by molar-refractivity contribution is 7.92. The molecule has 212 valence electrons. The van der Waals surface area contributed by atoms with Crippen LogP contribution in [0.4, 0.5) is 5.69 Å². The topological polar surface area (TPSA) is 88.1 Å². The van der Waals surface area contributed by atoms with Crippen LogP contribution in [0.25, 0.3) is 0 Å². The third-order valence-corrected chi connectivity index (χ3v) is 9.12. The monoisotopic (exact) mass is 562 g/mol. The quantitative estimate of drug-likeness (QED) is 0.281. The highest BCUT2D eigenvalue weighted by Gasteiger charge is 2.35. The van der Waals surface area contributed by atoms with Crippen molar-refractivity contribution in [3.05, 3.63) is 108 Å². The summed E-state index contributed by atoms with van der Waals surface area (Å²) < 4.78 is 41.6. The number of nitrogens with one attached hydrogen (secondary N) is 1. The van der Waals surface area contributed by atoms with Crippen molar-refractivity contribution in [1.82, 2.24) is 4.90 Å². The normalized spacial score (nSPS) is 21.9. The number of hydrogen-bond acceptors (Lipinski definition) is 6. The average Bonchev–Trinajstić information content (AvgIpc) is 3.52. The van der Waals surface area contributed by atoms with E-state index in [1.807, 2.05) is 42.5 Å². The van der Waals surface area contributed by atoms with Crippen molar-refractivity contribution < 1.29 is 23.0 Å². The van der Waals surface area contributed by atoms with Crippen molar-refractivity contribution in [3.8, 4) is 0 Å². The Bertz CT molecular complexity index is 1360. The molecule has 40 heavy (non-hydrogen) atoms. The molecule has 7 nitrogen and oxygen atoms in total. The van der Waals surface area contributed by atoms with Crippen LogP contribution in [0.5, 0.6) is 0 Å². The lowest BCUT2D eigenvalue weighted by molar-refractivity contribution is -0.253. The van der Waals surface area contributed by atoms with Gasteiger partial charge in [-0.25, -0.2) is 8.42 Å². The van der Waals surface area contributed by atoms with Crippen LogP contribution in [0.15, 0.2) is 96.4 Å². The lowest BCUT2D eigenvalue weighted by Crippen LogP contribution is -2.43. The highest BCUT2D eigenvalue weighted by Crippen LogP contribution is 2.39. The molecule has 2 N–H and O–H groups in total. The molecule has 0 unspecified atom stereocenters. The van der Waals surface area contributed by atoms with E-state index in [1.54, 1.807) is 42.5 Å². The van der Waals surface area contributed by atoms with E-state index in [9.17, 15) is 13.5 Å². The molecule has 1 saturated carbocycles. The van der Waals surface area contributed by atoms with Crippen LogP contribution >= 0.6 is 0 Å². The molecule has 3 atom stereocenters. The SMILES string of the molecule is C=CCN(C[C@@H]1C[C@H](c2ccc(CO)cc2)O[C@H](c2cccc(NS(=O)(=O)c3ccccc3)c2)O1)C1CCCC1. The van der Waals surface area contributed by atoms with Crippen molar-refractivity contribution in [2.45, 2.75) is 68.1 Å². The number of rotatable bonds is 11. The third kappa shape index (κ3) is 7.00. The molecule has 1 heterocycles. The minimum absolute atomic E-state index is 0.0102. The van der Waals surface area contributed by atoms with Crippen LogP contribution in [0.2, 0.25) is 0 Å². The third-order valence-electron chi connectivity index (χ3n) is 7.72. The van der Waals surface area contributed by atoms with Gasteiger partial charge in [-0.15, -0.1) is 6.58 Å². The summed E-state index contributed by atoms with van der Waals surface area (Å²) in [6.45, 7) is 5.55. The van der Waals surface area contributed by atoms with Crippen molar-refractivity contribution in [2.24, 2.45) is 0 Å². The van der Waals surface area contributed by atoms with Crippen LogP contribution in [0, 0.1) is 0 Å². The lowest BCUT2D eigenvalue weighted by atomic mass is 9.99. The molecule has 5 rings (SSSR count). The summed E-state index contributed by atoms with van der Waals surface area (Å²) in [6, 6.07) is 23.9. The van der Waals surface area contributed by atoms with E-state index < -0.39 is 16.3 Å². The van der Waals surface area contributed by atoms with Gasteiger partial charge in [0.05, 0.1) is 23.7 Å². The Hall–Kier alpha value is -3.01. The maximum atomic E-state index is 12.9. The van der Waals surface area contributed by atoms with E-state index in [-0.39, 0.29) is 23.7 Å². The molecule has 8 heteroatoms. The molecule has 1 aliphatic carbocycles. The van der Waals surface area contributed by atoms with Crippen molar-refractivity contribution >= 4 is 15.7 Å². The average molecular weight is 563 g/mol. The molecule has 0 spiro atoms. The second-order valence-electron chi connectivity index (χ2n) is 10.6. The van der Waals surface area contributed by atoms with Crippen LogP contribution in [0.3, 0.4) is 0 Å². The Labute approximate surface area is 237 Å². The number of aliphatic hydroxyl groups excluding tert-OH is 1. The van der Waals surface area contributed by atoms with Gasteiger partial charge in [-0.2, -0.15) is 0 Å². The van der Waals surface area contributed by atoms with Gasteiger partial charge in [0.1, 0.15) is 0 Å². The van der Waals surface area contributed by atoms with Crippen LogP contribution < -0.4 is 4.72 Å². The first-order valence-electron chi connectivity index (χ1n) is 14.0. The zero-order valence-corrected chi connectivity index (χ0v) is 23.5. The number of hydrogen-bond donors (Lipinski definition) is 2. The number of anilines is 1. The Balaban J connectivity index is 1.39. The summed E-state index contributed by atoms with van der Waals surface area (Å²) in [7, 11) is -3.73. The summed E-state index contributed by atoms with van der Waals surface area (Å²) in [6.07, 6.45) is 6.56. The highest BCUT2D eigenvalue weighted by atomic mass is 32.2. The maximum absolute atomic E-state index is 12.9.